The third kappa shape index (κ3) is 3.07. The van der Waals surface area contributed by atoms with Gasteiger partial charge in [-0.1, -0.05) is 12.8 Å². The molecule has 2 aromatic heterocycles. The van der Waals surface area contributed by atoms with E-state index in [1.165, 1.54) is 19.4 Å². The van der Waals surface area contributed by atoms with Gasteiger partial charge >= 0.3 is 5.97 Å². The van der Waals surface area contributed by atoms with Crippen molar-refractivity contribution in [2.75, 3.05) is 7.11 Å². The number of esters is 1. The molecule has 1 amide bonds. The standard InChI is InChI=1S/C20H22N2O5/c1-26-20(25)16-11-12-5-2-3-6-15(12)22(16)19(24)13-8-9-14(21-18(13)23)17-7-4-10-27-17/h4,7-10,12,15-16H,2-3,5-6,11H2,1H3,(H,21,23)/t12-,15+,16+/m1/s1. The first kappa shape index (κ1) is 17.6. The van der Waals surface area contributed by atoms with Crippen LogP contribution in [0, 0.1) is 5.92 Å². The van der Waals surface area contributed by atoms with Gasteiger partial charge in [-0.25, -0.2) is 4.79 Å². The molecule has 0 spiro atoms. The molecule has 4 rings (SSSR count). The Balaban J connectivity index is 1.67. The van der Waals surface area contributed by atoms with Gasteiger partial charge in [-0.15, -0.1) is 0 Å². The van der Waals surface area contributed by atoms with Gasteiger partial charge in [0.2, 0.25) is 0 Å². The summed E-state index contributed by atoms with van der Waals surface area (Å²) in [7, 11) is 1.33. The van der Waals surface area contributed by atoms with Gasteiger partial charge in [0.15, 0.2) is 0 Å². The minimum atomic E-state index is -0.625. The number of H-pyrrole nitrogens is 1. The van der Waals surface area contributed by atoms with Gasteiger partial charge in [0.05, 0.1) is 19.1 Å². The largest absolute Gasteiger partial charge is 0.467 e. The number of aromatic amines is 1. The van der Waals surface area contributed by atoms with Crippen LogP contribution in [0.5, 0.6) is 0 Å². The van der Waals surface area contributed by atoms with E-state index in [0.717, 1.165) is 25.7 Å². The van der Waals surface area contributed by atoms with E-state index < -0.39 is 23.5 Å². The summed E-state index contributed by atoms with van der Waals surface area (Å²) in [4.78, 5) is 42.4. The van der Waals surface area contributed by atoms with E-state index >= 15 is 0 Å². The Labute approximate surface area is 156 Å². The van der Waals surface area contributed by atoms with Crippen molar-refractivity contribution in [1.82, 2.24) is 9.88 Å². The highest BCUT2D eigenvalue weighted by molar-refractivity contribution is 5.97. The molecule has 2 fully saturated rings. The topological polar surface area (TPSA) is 92.6 Å². The molecule has 27 heavy (non-hydrogen) atoms. The quantitative estimate of drug-likeness (QED) is 0.839. The van der Waals surface area contributed by atoms with Crippen LogP contribution in [0.1, 0.15) is 42.5 Å². The molecular weight excluding hydrogens is 348 g/mol. The number of carbonyl (C=O) groups excluding carboxylic acids is 2. The van der Waals surface area contributed by atoms with Crippen molar-refractivity contribution in [3.63, 3.8) is 0 Å². The number of fused-ring (bicyclic) bond motifs is 1. The number of pyridine rings is 1. The normalized spacial score (nSPS) is 24.5. The first-order valence-electron chi connectivity index (χ1n) is 9.28. The monoisotopic (exact) mass is 370 g/mol. The molecule has 1 aliphatic heterocycles. The summed E-state index contributed by atoms with van der Waals surface area (Å²) in [6.07, 6.45) is 6.09. The number of nitrogens with one attached hydrogen (secondary N) is 1. The maximum atomic E-state index is 13.2. The summed E-state index contributed by atoms with van der Waals surface area (Å²) in [5, 5.41) is 0. The highest BCUT2D eigenvalue weighted by Gasteiger charge is 2.48. The molecule has 1 N–H and O–H groups in total. The molecule has 1 saturated carbocycles. The Bertz CT molecular complexity index is 901. The van der Waals surface area contributed by atoms with Gasteiger partial charge in [0.1, 0.15) is 17.4 Å². The van der Waals surface area contributed by atoms with E-state index in [1.807, 2.05) is 0 Å². The van der Waals surface area contributed by atoms with Gasteiger partial charge < -0.3 is 19.0 Å². The number of nitrogens with zero attached hydrogens (tertiary/aromatic N) is 1. The SMILES string of the molecule is COC(=O)[C@@H]1C[C@H]2CCCC[C@@H]2N1C(=O)c1ccc(-c2ccco2)[nH]c1=O. The van der Waals surface area contributed by atoms with E-state index in [4.69, 9.17) is 9.15 Å². The van der Waals surface area contributed by atoms with Crippen molar-refractivity contribution in [1.29, 1.82) is 0 Å². The number of methoxy groups -OCH3 is 1. The summed E-state index contributed by atoms with van der Waals surface area (Å²) in [6.45, 7) is 0. The number of aromatic nitrogens is 1. The maximum Gasteiger partial charge on any atom is 0.328 e. The van der Waals surface area contributed by atoms with Crippen LogP contribution in [0.3, 0.4) is 0 Å². The number of likely N-dealkylation sites (tertiary alicyclic amines) is 1. The smallest absolute Gasteiger partial charge is 0.328 e. The minimum absolute atomic E-state index is 0.0144. The lowest BCUT2D eigenvalue weighted by atomic mass is 9.84. The first-order chi connectivity index (χ1) is 13.1. The second-order valence-corrected chi connectivity index (χ2v) is 7.19. The Morgan fingerprint density at radius 1 is 1.22 bits per heavy atom. The summed E-state index contributed by atoms with van der Waals surface area (Å²) in [6, 6.07) is 5.96. The summed E-state index contributed by atoms with van der Waals surface area (Å²) in [5.74, 6) is -0.0197. The van der Waals surface area contributed by atoms with Gasteiger partial charge in [-0.3, -0.25) is 9.59 Å². The molecule has 1 saturated heterocycles. The van der Waals surface area contributed by atoms with Crippen molar-refractivity contribution in [2.24, 2.45) is 5.92 Å². The van der Waals surface area contributed by atoms with Crippen LogP contribution in [0.4, 0.5) is 0 Å². The Morgan fingerprint density at radius 2 is 2.04 bits per heavy atom. The number of hydrogen-bond acceptors (Lipinski definition) is 5. The number of ether oxygens (including phenoxy) is 1. The predicted octanol–water partition coefficient (Wildman–Crippen LogP) is 2.58. The van der Waals surface area contributed by atoms with Gasteiger partial charge in [-0.05, 0) is 49.4 Å². The average molecular weight is 370 g/mol. The van der Waals surface area contributed by atoms with Crippen molar-refractivity contribution >= 4 is 11.9 Å². The molecule has 0 radical (unpaired) electrons. The molecule has 7 nitrogen and oxygen atoms in total. The summed E-state index contributed by atoms with van der Waals surface area (Å²) >= 11 is 0. The zero-order valence-electron chi connectivity index (χ0n) is 15.1. The van der Waals surface area contributed by atoms with Crippen LogP contribution in [-0.2, 0) is 9.53 Å². The zero-order chi connectivity index (χ0) is 19.0. The second-order valence-electron chi connectivity index (χ2n) is 7.19. The van der Waals surface area contributed by atoms with E-state index in [9.17, 15) is 14.4 Å². The molecule has 2 aliphatic rings. The summed E-state index contributed by atoms with van der Waals surface area (Å²) in [5.41, 5.74) is 0.0465. The van der Waals surface area contributed by atoms with E-state index in [0.29, 0.717) is 17.9 Å². The van der Waals surface area contributed by atoms with E-state index in [2.05, 4.69) is 4.98 Å². The molecule has 142 valence electrons. The second kappa shape index (κ2) is 7.06. The minimum Gasteiger partial charge on any atom is -0.467 e. The van der Waals surface area contributed by atoms with Crippen LogP contribution < -0.4 is 5.56 Å². The molecular formula is C20H22N2O5. The van der Waals surface area contributed by atoms with Crippen molar-refractivity contribution in [3.8, 4) is 11.5 Å². The lowest BCUT2D eigenvalue weighted by Crippen LogP contribution is -2.47. The molecule has 0 unspecified atom stereocenters. The maximum absolute atomic E-state index is 13.2. The van der Waals surface area contributed by atoms with Crippen LogP contribution in [-0.4, -0.2) is 41.0 Å². The fourth-order valence-electron chi connectivity index (χ4n) is 4.46. The van der Waals surface area contributed by atoms with E-state index in [-0.39, 0.29) is 17.5 Å². The van der Waals surface area contributed by atoms with Crippen LogP contribution in [0.25, 0.3) is 11.5 Å². The van der Waals surface area contributed by atoms with Crippen LogP contribution in [0.2, 0.25) is 0 Å². The number of carbonyl (C=O) groups is 2. The Morgan fingerprint density at radius 3 is 2.74 bits per heavy atom. The molecule has 3 heterocycles. The number of amides is 1. The molecule has 3 atom stereocenters. The molecule has 1 aliphatic carbocycles. The fraction of sp³-hybridized carbons (Fsp3) is 0.450. The van der Waals surface area contributed by atoms with Gasteiger partial charge in [0, 0.05) is 6.04 Å². The highest BCUT2D eigenvalue weighted by atomic mass is 16.5. The third-order valence-electron chi connectivity index (χ3n) is 5.72. The van der Waals surface area contributed by atoms with Gasteiger partial charge in [0.25, 0.3) is 11.5 Å². The predicted molar refractivity (Wildman–Crippen MR) is 97.1 cm³/mol. The molecule has 0 aromatic carbocycles. The first-order valence-corrected chi connectivity index (χ1v) is 9.28. The van der Waals surface area contributed by atoms with Crippen molar-refractivity contribution in [2.45, 2.75) is 44.2 Å². The number of furan rings is 1. The lowest BCUT2D eigenvalue weighted by molar-refractivity contribution is -0.145. The highest BCUT2D eigenvalue weighted by Crippen LogP contribution is 2.40. The summed E-state index contributed by atoms with van der Waals surface area (Å²) < 4.78 is 10.2. The average Bonchev–Trinajstić information content (AvgIpc) is 3.34. The van der Waals surface area contributed by atoms with E-state index in [1.54, 1.807) is 23.1 Å². The molecule has 2 aromatic rings. The van der Waals surface area contributed by atoms with Crippen molar-refractivity contribution < 1.29 is 18.7 Å². The Hall–Kier alpha value is -2.83. The fourth-order valence-corrected chi connectivity index (χ4v) is 4.46. The number of rotatable bonds is 3. The van der Waals surface area contributed by atoms with Crippen LogP contribution >= 0.6 is 0 Å². The molecule has 7 heteroatoms. The third-order valence-corrected chi connectivity index (χ3v) is 5.72. The number of hydrogen-bond donors (Lipinski definition) is 1. The zero-order valence-corrected chi connectivity index (χ0v) is 15.1. The van der Waals surface area contributed by atoms with Crippen molar-refractivity contribution in [3.05, 3.63) is 46.4 Å². The lowest BCUT2D eigenvalue weighted by Gasteiger charge is -2.33. The Kier molecular flexibility index (Phi) is 4.59. The molecule has 0 bridgehead atoms. The van der Waals surface area contributed by atoms with Crippen LogP contribution in [0.15, 0.2) is 39.7 Å². The van der Waals surface area contributed by atoms with Gasteiger partial charge in [-0.2, -0.15) is 0 Å².